The van der Waals surface area contributed by atoms with E-state index in [0.29, 0.717) is 12.1 Å². The number of aryl methyl sites for hydroxylation is 1. The second kappa shape index (κ2) is 7.93. The maximum atomic E-state index is 12.4. The first-order valence-electron chi connectivity index (χ1n) is 7.24. The maximum Gasteiger partial charge on any atom is 0.387 e. The molecule has 5 nitrogen and oxygen atoms in total. The molecule has 122 valence electrons. The quantitative estimate of drug-likeness (QED) is 0.624. The van der Waals surface area contributed by atoms with Crippen molar-refractivity contribution in [1.82, 2.24) is 5.32 Å². The molecular formula is C15H21F2N3O2. The monoisotopic (exact) mass is 313 g/mol. The summed E-state index contributed by atoms with van der Waals surface area (Å²) >= 11 is 0. The first-order chi connectivity index (χ1) is 10.5. The van der Waals surface area contributed by atoms with E-state index >= 15 is 0 Å². The van der Waals surface area contributed by atoms with Crippen molar-refractivity contribution in [3.05, 3.63) is 29.3 Å². The summed E-state index contributed by atoms with van der Waals surface area (Å²) < 4.78 is 34.7. The average molecular weight is 313 g/mol. The molecule has 1 saturated heterocycles. The molecule has 1 unspecified atom stereocenters. The van der Waals surface area contributed by atoms with Gasteiger partial charge >= 0.3 is 6.61 Å². The molecule has 22 heavy (non-hydrogen) atoms. The summed E-state index contributed by atoms with van der Waals surface area (Å²) in [6.45, 7) is 0.567. The van der Waals surface area contributed by atoms with Crippen molar-refractivity contribution >= 4 is 5.96 Å². The average Bonchev–Trinajstić information content (AvgIpc) is 2.98. The Morgan fingerprint density at radius 1 is 1.55 bits per heavy atom. The number of ether oxygens (including phenoxy) is 2. The van der Waals surface area contributed by atoms with E-state index < -0.39 is 6.61 Å². The fourth-order valence-electron chi connectivity index (χ4n) is 2.29. The Hall–Kier alpha value is -1.89. The molecule has 1 fully saturated rings. The highest BCUT2D eigenvalue weighted by Crippen LogP contribution is 2.22. The van der Waals surface area contributed by atoms with Crippen molar-refractivity contribution in [2.45, 2.75) is 39.0 Å². The molecule has 7 heteroatoms. The van der Waals surface area contributed by atoms with Gasteiger partial charge in [-0.1, -0.05) is 17.7 Å². The molecular weight excluding hydrogens is 292 g/mol. The minimum Gasteiger partial charge on any atom is -0.434 e. The number of alkyl halides is 2. The van der Waals surface area contributed by atoms with Crippen LogP contribution in [-0.2, 0) is 11.3 Å². The van der Waals surface area contributed by atoms with E-state index in [1.54, 1.807) is 12.1 Å². The van der Waals surface area contributed by atoms with Crippen LogP contribution in [0, 0.1) is 6.92 Å². The predicted molar refractivity (Wildman–Crippen MR) is 80.1 cm³/mol. The lowest BCUT2D eigenvalue weighted by molar-refractivity contribution is -0.0504. The largest absolute Gasteiger partial charge is 0.434 e. The zero-order valence-electron chi connectivity index (χ0n) is 12.5. The van der Waals surface area contributed by atoms with Crippen LogP contribution in [-0.4, -0.2) is 31.8 Å². The third kappa shape index (κ3) is 5.14. The zero-order valence-corrected chi connectivity index (χ0v) is 12.5. The van der Waals surface area contributed by atoms with Crippen LogP contribution >= 0.6 is 0 Å². The maximum absolute atomic E-state index is 12.4. The number of guanidine groups is 1. The summed E-state index contributed by atoms with van der Waals surface area (Å²) in [5.41, 5.74) is 7.30. The van der Waals surface area contributed by atoms with Gasteiger partial charge in [0.1, 0.15) is 5.75 Å². The Morgan fingerprint density at radius 3 is 3.05 bits per heavy atom. The summed E-state index contributed by atoms with van der Waals surface area (Å²) in [5, 5.41) is 2.98. The number of benzene rings is 1. The Balaban J connectivity index is 1.93. The summed E-state index contributed by atoms with van der Waals surface area (Å²) in [6, 6.07) is 4.99. The first-order valence-corrected chi connectivity index (χ1v) is 7.24. The Morgan fingerprint density at radius 2 is 2.36 bits per heavy atom. The number of nitrogens with two attached hydrogens (primary N) is 1. The van der Waals surface area contributed by atoms with Crippen molar-refractivity contribution in [2.75, 3.05) is 13.2 Å². The van der Waals surface area contributed by atoms with Gasteiger partial charge < -0.3 is 20.5 Å². The molecule has 0 aliphatic carbocycles. The lowest BCUT2D eigenvalue weighted by Crippen LogP contribution is -2.37. The van der Waals surface area contributed by atoms with Gasteiger partial charge in [-0.25, -0.2) is 4.99 Å². The van der Waals surface area contributed by atoms with Gasteiger partial charge in [0.05, 0.1) is 12.6 Å². The highest BCUT2D eigenvalue weighted by atomic mass is 19.3. The predicted octanol–water partition coefficient (Wildman–Crippen LogP) is 2.18. The van der Waals surface area contributed by atoms with Crippen molar-refractivity contribution in [2.24, 2.45) is 10.7 Å². The number of nitrogens with one attached hydrogen (secondary N) is 1. The van der Waals surface area contributed by atoms with E-state index in [0.717, 1.165) is 25.0 Å². The Bertz CT molecular complexity index is 518. The van der Waals surface area contributed by atoms with E-state index in [1.165, 1.54) is 6.07 Å². The van der Waals surface area contributed by atoms with E-state index in [1.807, 2.05) is 6.92 Å². The molecule has 2 rings (SSSR count). The third-order valence-electron chi connectivity index (χ3n) is 3.39. The van der Waals surface area contributed by atoms with Crippen molar-refractivity contribution in [3.8, 4) is 5.75 Å². The molecule has 0 spiro atoms. The topological polar surface area (TPSA) is 68.9 Å². The minimum atomic E-state index is -2.86. The molecule has 3 N–H and O–H groups in total. The van der Waals surface area contributed by atoms with Crippen LogP contribution in [0.2, 0.25) is 0 Å². The normalized spacial score (nSPS) is 18.7. The standard InChI is InChI=1S/C15H21F2N3O2/c1-10-4-5-13(22-14(16)17)11(7-10)8-19-15(18)20-9-12-3-2-6-21-12/h4-5,7,12,14H,2-3,6,8-9H2,1H3,(H3,18,19,20). The lowest BCUT2D eigenvalue weighted by atomic mass is 10.1. The summed E-state index contributed by atoms with van der Waals surface area (Å²) in [7, 11) is 0. The van der Waals surface area contributed by atoms with Crippen LogP contribution in [0.5, 0.6) is 5.75 Å². The minimum absolute atomic E-state index is 0.122. The molecule has 0 radical (unpaired) electrons. The van der Waals surface area contributed by atoms with Crippen LogP contribution in [0.25, 0.3) is 0 Å². The van der Waals surface area contributed by atoms with Crippen LogP contribution < -0.4 is 15.8 Å². The number of halogens is 2. The number of rotatable bonds is 6. The highest BCUT2D eigenvalue weighted by Gasteiger charge is 2.15. The summed E-state index contributed by atoms with van der Waals surface area (Å²) in [6.07, 6.45) is 2.22. The molecule has 0 aromatic heterocycles. The molecule has 0 amide bonds. The Kier molecular flexibility index (Phi) is 5.94. The van der Waals surface area contributed by atoms with Gasteiger partial charge in [-0.2, -0.15) is 8.78 Å². The second-order valence-electron chi connectivity index (χ2n) is 5.21. The molecule has 1 aliphatic rings. The smallest absolute Gasteiger partial charge is 0.387 e. The highest BCUT2D eigenvalue weighted by molar-refractivity contribution is 5.77. The van der Waals surface area contributed by atoms with Gasteiger partial charge in [0.25, 0.3) is 0 Å². The molecule has 1 heterocycles. The number of hydrogen-bond acceptors (Lipinski definition) is 3. The molecule has 0 bridgehead atoms. The Labute approximate surface area is 128 Å². The molecule has 1 aromatic carbocycles. The van der Waals surface area contributed by atoms with Gasteiger partial charge in [0.2, 0.25) is 0 Å². The lowest BCUT2D eigenvalue weighted by Gasteiger charge is -2.12. The second-order valence-corrected chi connectivity index (χ2v) is 5.21. The van der Waals surface area contributed by atoms with Gasteiger partial charge in [0.15, 0.2) is 5.96 Å². The molecule has 0 saturated carbocycles. The summed E-state index contributed by atoms with van der Waals surface area (Å²) in [4.78, 5) is 4.17. The van der Waals surface area contributed by atoms with Crippen molar-refractivity contribution in [3.63, 3.8) is 0 Å². The van der Waals surface area contributed by atoms with Gasteiger partial charge in [-0.15, -0.1) is 0 Å². The van der Waals surface area contributed by atoms with Crippen LogP contribution in [0.3, 0.4) is 0 Å². The van der Waals surface area contributed by atoms with Crippen LogP contribution in [0.4, 0.5) is 8.78 Å². The van der Waals surface area contributed by atoms with Gasteiger partial charge in [0, 0.05) is 18.7 Å². The van der Waals surface area contributed by atoms with Crippen molar-refractivity contribution in [1.29, 1.82) is 0 Å². The fraction of sp³-hybridized carbons (Fsp3) is 0.533. The molecule has 1 aromatic rings. The van der Waals surface area contributed by atoms with Crippen molar-refractivity contribution < 1.29 is 18.3 Å². The van der Waals surface area contributed by atoms with Gasteiger partial charge in [-0.05, 0) is 25.8 Å². The fourth-order valence-corrected chi connectivity index (χ4v) is 2.29. The zero-order chi connectivity index (χ0) is 15.9. The van der Waals surface area contributed by atoms with E-state index in [4.69, 9.17) is 10.5 Å². The van der Waals surface area contributed by atoms with E-state index in [-0.39, 0.29) is 24.4 Å². The van der Waals surface area contributed by atoms with E-state index in [9.17, 15) is 8.78 Å². The molecule has 1 atom stereocenters. The van der Waals surface area contributed by atoms with Crippen LogP contribution in [0.15, 0.2) is 23.2 Å². The number of hydrogen-bond donors (Lipinski definition) is 2. The first kappa shape index (κ1) is 16.5. The molecule has 1 aliphatic heterocycles. The number of nitrogens with zero attached hydrogens (tertiary/aromatic N) is 1. The third-order valence-corrected chi connectivity index (χ3v) is 3.39. The SMILES string of the molecule is Cc1ccc(OC(F)F)c(CN=C(N)NCC2CCCO2)c1. The van der Waals surface area contributed by atoms with Crippen LogP contribution in [0.1, 0.15) is 24.0 Å². The summed E-state index contributed by atoms with van der Waals surface area (Å²) in [5.74, 6) is 0.385. The van der Waals surface area contributed by atoms with E-state index in [2.05, 4.69) is 15.0 Å². The van der Waals surface area contributed by atoms with Gasteiger partial charge in [-0.3, -0.25) is 0 Å². The number of aliphatic imine (C=N–C) groups is 1.